The molecule has 172 valence electrons. The van der Waals surface area contributed by atoms with E-state index < -0.39 is 5.82 Å². The monoisotopic (exact) mass is 468 g/mol. The molecule has 3 fully saturated rings. The molecule has 0 bridgehead atoms. The fourth-order valence-corrected chi connectivity index (χ4v) is 4.14. The molecule has 2 aromatic carbocycles. The second-order valence-electron chi connectivity index (χ2n) is 9.17. The largest absolute Gasteiger partial charge is 0.354 e. The van der Waals surface area contributed by atoms with Crippen LogP contribution in [0.3, 0.4) is 0 Å². The fraction of sp³-hybridized carbons (Fsp3) is 0.375. The zero-order chi connectivity index (χ0) is 23.2. The Balaban J connectivity index is 1.44. The molecule has 2 saturated carbocycles. The zero-order valence-electron chi connectivity index (χ0n) is 18.3. The summed E-state index contributed by atoms with van der Waals surface area (Å²) in [4.78, 5) is 16.9. The van der Waals surface area contributed by atoms with Crippen molar-refractivity contribution in [3.05, 3.63) is 57.9 Å². The van der Waals surface area contributed by atoms with E-state index in [0.717, 1.165) is 44.3 Å². The SMILES string of the molecule is CC1(NC(=O)c2cccc(Nc3c(F)cc(C(=N)N=C4NCCN4)cc3C3CC3)c2Cl)CC1. The molecule has 33 heavy (non-hydrogen) atoms. The Labute approximate surface area is 196 Å². The highest BCUT2D eigenvalue weighted by atomic mass is 35.5. The van der Waals surface area contributed by atoms with E-state index >= 15 is 4.39 Å². The van der Waals surface area contributed by atoms with Crippen LogP contribution in [0.2, 0.25) is 5.02 Å². The molecule has 5 N–H and O–H groups in total. The van der Waals surface area contributed by atoms with Gasteiger partial charge in [-0.1, -0.05) is 17.7 Å². The number of hydrogen-bond donors (Lipinski definition) is 5. The Hall–Kier alpha value is -3.13. The van der Waals surface area contributed by atoms with Crippen molar-refractivity contribution in [1.82, 2.24) is 16.0 Å². The molecule has 2 aliphatic carbocycles. The number of amides is 1. The van der Waals surface area contributed by atoms with Crippen molar-refractivity contribution in [1.29, 1.82) is 5.41 Å². The highest BCUT2D eigenvalue weighted by Crippen LogP contribution is 2.46. The van der Waals surface area contributed by atoms with Crippen LogP contribution in [0.15, 0.2) is 35.3 Å². The van der Waals surface area contributed by atoms with Crippen LogP contribution in [0.1, 0.15) is 60.0 Å². The highest BCUT2D eigenvalue weighted by molar-refractivity contribution is 6.36. The molecule has 0 spiro atoms. The maximum absolute atomic E-state index is 15.3. The number of anilines is 2. The number of carbonyl (C=O) groups excluding carboxylic acids is 1. The van der Waals surface area contributed by atoms with E-state index in [9.17, 15) is 4.79 Å². The summed E-state index contributed by atoms with van der Waals surface area (Å²) in [5.74, 6) is 0.0129. The standard InChI is InChI=1S/C24H26ClFN6O/c1-24(7-8-24)32-22(33)15-3-2-4-18(19(15)25)30-20-16(13-5-6-13)11-14(12-17(20)26)21(27)31-23-28-9-10-29-23/h2-4,11-13,30H,5-10H2,1H3,(H,32,33)(H3,27,28,29,31). The molecule has 3 aliphatic rings. The van der Waals surface area contributed by atoms with Gasteiger partial charge in [0.2, 0.25) is 0 Å². The minimum atomic E-state index is -0.483. The summed E-state index contributed by atoms with van der Waals surface area (Å²) in [5, 5.41) is 20.8. The van der Waals surface area contributed by atoms with Crippen molar-refractivity contribution in [2.24, 2.45) is 4.99 Å². The van der Waals surface area contributed by atoms with Crippen LogP contribution in [0, 0.1) is 11.2 Å². The Kier molecular flexibility index (Phi) is 5.48. The normalized spacial score (nSPS) is 18.2. The van der Waals surface area contributed by atoms with Crippen LogP contribution >= 0.6 is 11.6 Å². The number of halogens is 2. The number of hydrogen-bond acceptors (Lipinski definition) is 3. The lowest BCUT2D eigenvalue weighted by Gasteiger charge is -2.18. The van der Waals surface area contributed by atoms with Crippen LogP contribution in [-0.4, -0.2) is 36.3 Å². The van der Waals surface area contributed by atoms with Gasteiger partial charge in [-0.05, 0) is 68.4 Å². The molecule has 7 nitrogen and oxygen atoms in total. The number of benzene rings is 2. The number of nitrogens with one attached hydrogen (secondary N) is 5. The molecule has 2 aromatic rings. The van der Waals surface area contributed by atoms with Crippen molar-refractivity contribution < 1.29 is 9.18 Å². The predicted molar refractivity (Wildman–Crippen MR) is 128 cm³/mol. The summed E-state index contributed by atoms with van der Waals surface area (Å²) in [5.41, 5.74) is 2.19. The number of aliphatic imine (C=N–C) groups is 1. The second kappa shape index (κ2) is 8.33. The summed E-state index contributed by atoms with van der Waals surface area (Å²) in [6, 6.07) is 8.26. The van der Waals surface area contributed by atoms with E-state index in [4.69, 9.17) is 17.0 Å². The smallest absolute Gasteiger partial charge is 0.253 e. The van der Waals surface area contributed by atoms with Gasteiger partial charge >= 0.3 is 0 Å². The quantitative estimate of drug-likeness (QED) is 0.323. The Bertz CT molecular complexity index is 1160. The average Bonchev–Trinajstić information content (AvgIpc) is 3.70. The van der Waals surface area contributed by atoms with Crippen LogP contribution in [0.4, 0.5) is 15.8 Å². The van der Waals surface area contributed by atoms with Crippen molar-refractivity contribution in [2.75, 3.05) is 18.4 Å². The number of amidine groups is 1. The molecule has 5 rings (SSSR count). The van der Waals surface area contributed by atoms with Gasteiger partial charge < -0.3 is 21.3 Å². The molecule has 0 aromatic heterocycles. The van der Waals surface area contributed by atoms with E-state index in [1.165, 1.54) is 6.07 Å². The van der Waals surface area contributed by atoms with Crippen molar-refractivity contribution in [3.63, 3.8) is 0 Å². The maximum Gasteiger partial charge on any atom is 0.253 e. The number of nitrogens with zero attached hydrogens (tertiary/aromatic N) is 1. The van der Waals surface area contributed by atoms with Crippen LogP contribution in [-0.2, 0) is 0 Å². The molecular formula is C24H26ClFN6O. The van der Waals surface area contributed by atoms with Gasteiger partial charge in [-0.2, -0.15) is 4.99 Å². The van der Waals surface area contributed by atoms with Gasteiger partial charge in [-0.15, -0.1) is 0 Å². The summed E-state index contributed by atoms with van der Waals surface area (Å²) in [7, 11) is 0. The highest BCUT2D eigenvalue weighted by Gasteiger charge is 2.39. The minimum absolute atomic E-state index is 0.00970. The van der Waals surface area contributed by atoms with E-state index in [0.29, 0.717) is 28.5 Å². The third-order valence-electron chi connectivity index (χ3n) is 6.26. The van der Waals surface area contributed by atoms with Gasteiger partial charge in [0.05, 0.1) is 22.0 Å². The first-order valence-corrected chi connectivity index (χ1v) is 11.6. The average molecular weight is 469 g/mol. The molecule has 0 atom stereocenters. The zero-order valence-corrected chi connectivity index (χ0v) is 19.1. The Morgan fingerprint density at radius 2 is 1.97 bits per heavy atom. The number of guanidine groups is 1. The van der Waals surface area contributed by atoms with Crippen LogP contribution < -0.4 is 21.3 Å². The Morgan fingerprint density at radius 1 is 1.24 bits per heavy atom. The van der Waals surface area contributed by atoms with Gasteiger partial charge in [-0.3, -0.25) is 10.2 Å². The molecule has 1 amide bonds. The number of rotatable bonds is 6. The molecule has 0 radical (unpaired) electrons. The number of carbonyl (C=O) groups is 1. The first kappa shape index (κ1) is 21.7. The molecule has 0 unspecified atom stereocenters. The van der Waals surface area contributed by atoms with Crippen LogP contribution in [0.5, 0.6) is 0 Å². The lowest BCUT2D eigenvalue weighted by molar-refractivity contribution is 0.0935. The van der Waals surface area contributed by atoms with E-state index in [-0.39, 0.29) is 28.2 Å². The Morgan fingerprint density at radius 3 is 2.64 bits per heavy atom. The third-order valence-corrected chi connectivity index (χ3v) is 6.67. The van der Waals surface area contributed by atoms with Crippen molar-refractivity contribution in [2.45, 2.75) is 44.1 Å². The van der Waals surface area contributed by atoms with Gasteiger partial charge in [-0.25, -0.2) is 4.39 Å². The minimum Gasteiger partial charge on any atom is -0.354 e. The summed E-state index contributed by atoms with van der Waals surface area (Å²) < 4.78 is 15.3. The van der Waals surface area contributed by atoms with Crippen molar-refractivity contribution in [3.8, 4) is 0 Å². The summed E-state index contributed by atoms with van der Waals surface area (Å²) in [6.45, 7) is 3.49. The predicted octanol–water partition coefficient (Wildman–Crippen LogP) is 4.26. The van der Waals surface area contributed by atoms with Gasteiger partial charge in [0.15, 0.2) is 11.8 Å². The molecule has 1 heterocycles. The summed E-state index contributed by atoms with van der Waals surface area (Å²) >= 11 is 6.57. The molecule has 9 heteroatoms. The third kappa shape index (κ3) is 4.66. The second-order valence-corrected chi connectivity index (χ2v) is 9.54. The maximum atomic E-state index is 15.3. The van der Waals surface area contributed by atoms with Gasteiger partial charge in [0.25, 0.3) is 5.91 Å². The van der Waals surface area contributed by atoms with E-state index in [1.54, 1.807) is 18.2 Å². The topological polar surface area (TPSA) is 101 Å². The summed E-state index contributed by atoms with van der Waals surface area (Å²) in [6.07, 6.45) is 3.81. The molecule has 1 aliphatic heterocycles. The van der Waals surface area contributed by atoms with Gasteiger partial charge in [0, 0.05) is 24.2 Å². The lowest BCUT2D eigenvalue weighted by Crippen LogP contribution is -2.34. The molecule has 1 saturated heterocycles. The van der Waals surface area contributed by atoms with E-state index in [1.807, 2.05) is 13.0 Å². The van der Waals surface area contributed by atoms with Crippen LogP contribution in [0.25, 0.3) is 0 Å². The van der Waals surface area contributed by atoms with Crippen molar-refractivity contribution >= 4 is 40.7 Å². The first-order valence-electron chi connectivity index (χ1n) is 11.2. The van der Waals surface area contributed by atoms with Gasteiger partial charge in [0.1, 0.15) is 5.82 Å². The lowest BCUT2D eigenvalue weighted by atomic mass is 10.0. The van der Waals surface area contributed by atoms with E-state index in [2.05, 4.69) is 26.3 Å². The first-order chi connectivity index (χ1) is 15.8. The molecular weight excluding hydrogens is 443 g/mol. The fourth-order valence-electron chi connectivity index (χ4n) is 3.89.